The van der Waals surface area contributed by atoms with Gasteiger partial charge in [-0.1, -0.05) is 11.6 Å². The monoisotopic (exact) mass is 942 g/mol. The molecule has 0 amide bonds. The topological polar surface area (TPSA) is 43.9 Å². The molecule has 0 aliphatic carbocycles. The average molecular weight is 941 g/mol. The fourth-order valence-corrected chi connectivity index (χ4v) is 9.13. The molecular formula is C47H47GeIrN3O-2. The summed E-state index contributed by atoms with van der Waals surface area (Å²) in [7, 11) is 0. The fourth-order valence-electron chi connectivity index (χ4n) is 6.72. The van der Waals surface area contributed by atoms with Crippen molar-refractivity contribution in [3.05, 3.63) is 144 Å². The number of hydrogen-bond acceptors (Lipinski definition) is 3. The molecule has 8 aromatic rings. The maximum atomic E-state index is 7.50. The van der Waals surface area contributed by atoms with E-state index < -0.39 is 27.0 Å². The third kappa shape index (κ3) is 7.58. The number of para-hydroxylation sites is 3. The molecule has 0 aliphatic rings. The first kappa shape index (κ1) is 31.1. The zero-order chi connectivity index (χ0) is 41.7. The molecule has 0 bridgehead atoms. The Morgan fingerprint density at radius 1 is 0.755 bits per heavy atom. The summed E-state index contributed by atoms with van der Waals surface area (Å²) in [5.74, 6) is 8.87. The summed E-state index contributed by atoms with van der Waals surface area (Å²) in [5, 5.41) is 2.26. The van der Waals surface area contributed by atoms with Crippen molar-refractivity contribution in [1.82, 2.24) is 14.5 Å². The first-order valence-electron chi connectivity index (χ1n) is 20.8. The van der Waals surface area contributed by atoms with Gasteiger partial charge >= 0.3 is 228 Å². The average Bonchev–Trinajstić information content (AvgIpc) is 3.75. The second kappa shape index (κ2) is 15.6. The summed E-state index contributed by atoms with van der Waals surface area (Å²) in [5.41, 5.74) is 9.22. The molecule has 3 heterocycles. The SMILES string of the molecule is CC(C)c1cccc(C(C)C)c1-n1c(-c2[c-]ccc3c2oc2c[c]([Ge]([CH3])([CH3])[CH3])ccc23)nc2ccccc21.[2H]C([2H])([2H])c1cnc(-c2[c-]cccc2)cc1C([2H])([2H])[2H].[Ir]. The molecule has 0 atom stereocenters. The maximum absolute atomic E-state index is 7.50. The van der Waals surface area contributed by atoms with Crippen molar-refractivity contribution in [2.45, 2.75) is 70.5 Å². The van der Waals surface area contributed by atoms with E-state index in [-0.39, 0.29) is 31.2 Å². The number of fused-ring (bicyclic) bond motifs is 4. The van der Waals surface area contributed by atoms with E-state index in [2.05, 4.69) is 133 Å². The van der Waals surface area contributed by atoms with Crippen LogP contribution in [0.25, 0.3) is 61.3 Å². The summed E-state index contributed by atoms with van der Waals surface area (Å²) in [4.78, 5) is 9.27. The molecular weight excluding hydrogens is 887 g/mol. The molecule has 6 heteroatoms. The molecule has 0 saturated carbocycles. The normalized spacial score (nSPS) is 13.8. The van der Waals surface area contributed by atoms with Gasteiger partial charge in [-0.25, -0.2) is 0 Å². The van der Waals surface area contributed by atoms with Crippen LogP contribution in [0.3, 0.4) is 0 Å². The van der Waals surface area contributed by atoms with Gasteiger partial charge in [0.1, 0.15) is 0 Å². The Morgan fingerprint density at radius 3 is 2.17 bits per heavy atom. The van der Waals surface area contributed by atoms with E-state index in [1.807, 2.05) is 6.07 Å². The molecule has 0 spiro atoms. The predicted molar refractivity (Wildman–Crippen MR) is 222 cm³/mol. The van der Waals surface area contributed by atoms with Crippen molar-refractivity contribution < 1.29 is 32.7 Å². The molecule has 53 heavy (non-hydrogen) atoms. The molecule has 0 saturated heterocycles. The van der Waals surface area contributed by atoms with Crippen LogP contribution in [0, 0.1) is 25.8 Å². The summed E-state index contributed by atoms with van der Waals surface area (Å²) >= 11 is -2.00. The van der Waals surface area contributed by atoms with Gasteiger partial charge in [-0.15, -0.1) is 35.9 Å². The van der Waals surface area contributed by atoms with Crippen molar-refractivity contribution in [1.29, 1.82) is 0 Å². The van der Waals surface area contributed by atoms with Crippen LogP contribution < -0.4 is 4.40 Å². The van der Waals surface area contributed by atoms with Crippen molar-refractivity contribution >= 4 is 50.6 Å². The van der Waals surface area contributed by atoms with E-state index in [0.29, 0.717) is 23.1 Å². The van der Waals surface area contributed by atoms with Gasteiger partial charge in [0.05, 0.1) is 0 Å². The minimum atomic E-state index is -2.50. The molecule has 0 aliphatic heterocycles. The van der Waals surface area contributed by atoms with Gasteiger partial charge < -0.3 is 4.98 Å². The minimum absolute atomic E-state index is 0. The Morgan fingerprint density at radius 2 is 1.49 bits per heavy atom. The molecule has 271 valence electrons. The van der Waals surface area contributed by atoms with Crippen LogP contribution in [0.4, 0.5) is 0 Å². The van der Waals surface area contributed by atoms with Crippen molar-refractivity contribution in [3.63, 3.8) is 0 Å². The summed E-state index contributed by atoms with van der Waals surface area (Å²) < 4.78 is 55.2. The van der Waals surface area contributed by atoms with Crippen molar-refractivity contribution in [2.75, 3.05) is 0 Å². The molecule has 0 fully saturated rings. The molecule has 0 unspecified atom stereocenters. The number of nitrogens with zero attached hydrogens (tertiary/aromatic N) is 3. The van der Waals surface area contributed by atoms with E-state index in [1.165, 1.54) is 27.3 Å². The van der Waals surface area contributed by atoms with Gasteiger partial charge in [0.25, 0.3) is 0 Å². The molecule has 4 nitrogen and oxygen atoms in total. The van der Waals surface area contributed by atoms with Crippen molar-refractivity contribution in [3.8, 4) is 28.3 Å². The Labute approximate surface area is 338 Å². The van der Waals surface area contributed by atoms with Crippen LogP contribution in [-0.4, -0.2) is 27.8 Å². The summed E-state index contributed by atoms with van der Waals surface area (Å²) in [6, 6.07) is 40.9. The van der Waals surface area contributed by atoms with E-state index >= 15 is 0 Å². The maximum Gasteiger partial charge on any atom is 0.0280 e. The number of imidazole rings is 1. The van der Waals surface area contributed by atoms with Crippen LogP contribution >= 0.6 is 0 Å². The summed E-state index contributed by atoms with van der Waals surface area (Å²) in [6.07, 6.45) is 1.12. The zero-order valence-corrected chi connectivity index (χ0v) is 35.6. The number of furan rings is 1. The third-order valence-electron chi connectivity index (χ3n) is 9.54. The Bertz CT molecular complexity index is 2740. The number of hydrogen-bond donors (Lipinski definition) is 0. The van der Waals surface area contributed by atoms with Crippen LogP contribution in [-0.2, 0) is 20.1 Å². The first-order valence-corrected chi connectivity index (χ1v) is 25.2. The van der Waals surface area contributed by atoms with Crippen molar-refractivity contribution in [2.24, 2.45) is 0 Å². The predicted octanol–water partition coefficient (Wildman–Crippen LogP) is 12.3. The van der Waals surface area contributed by atoms with Gasteiger partial charge in [-0.2, -0.15) is 0 Å². The van der Waals surface area contributed by atoms with Gasteiger partial charge in [-0.3, -0.25) is 0 Å². The molecule has 1 radical (unpaired) electrons. The number of aromatic nitrogens is 3. The second-order valence-electron chi connectivity index (χ2n) is 14.9. The van der Waals surface area contributed by atoms with Crippen LogP contribution in [0.2, 0.25) is 17.3 Å². The molecule has 3 aromatic heterocycles. The van der Waals surface area contributed by atoms with Gasteiger partial charge in [0, 0.05) is 34.5 Å². The number of benzene rings is 5. The second-order valence-corrected chi connectivity index (χ2v) is 25.6. The van der Waals surface area contributed by atoms with Gasteiger partial charge in [0.15, 0.2) is 0 Å². The number of aryl methyl sites for hydroxylation is 2. The van der Waals surface area contributed by atoms with Crippen LogP contribution in [0.5, 0.6) is 0 Å². The largest absolute Gasteiger partial charge is 0.304 e. The molecule has 8 rings (SSSR count). The Hall–Kier alpha value is -4.29. The molecule has 5 aromatic carbocycles. The Kier molecular flexibility index (Phi) is 9.15. The fraction of sp³-hybridized carbons (Fsp3) is 0.234. The third-order valence-corrected chi connectivity index (χ3v) is 13.8. The van der Waals surface area contributed by atoms with E-state index in [1.54, 1.807) is 24.3 Å². The standard InChI is InChI=1S/C34H35GeN2O.C13H12N.Ir/c1-21(2)24-12-10-13-25(22(3)4)32(24)37-30-17-9-8-16-29(30)36-34(37)28-15-11-14-27-26-19-18-23(35(5,6)7)20-31(26)38-33(27)28;1-10-8-13(14-9-11(10)2)12-6-4-3-5-7-12;/h8-14,16-22H,1-7H3;3-6,8-9H,1-2H3;/q2*-1;/i;1D3,2D3;. The molecule has 0 N–H and O–H groups in total. The number of rotatable bonds is 6. The summed E-state index contributed by atoms with van der Waals surface area (Å²) in [6.45, 7) is 4.07. The van der Waals surface area contributed by atoms with E-state index in [0.717, 1.165) is 50.6 Å². The van der Waals surface area contributed by atoms with Crippen LogP contribution in [0.15, 0.2) is 114 Å². The van der Waals surface area contributed by atoms with E-state index in [4.69, 9.17) is 17.6 Å². The first-order chi connectivity index (χ1) is 27.3. The number of pyridine rings is 1. The van der Waals surface area contributed by atoms with E-state index in [9.17, 15) is 0 Å². The van der Waals surface area contributed by atoms with Gasteiger partial charge in [-0.05, 0) is 25.0 Å². The minimum Gasteiger partial charge on any atom is -0.304 e. The Balaban J connectivity index is 0.000000236. The quantitative estimate of drug-likeness (QED) is 0.123. The zero-order valence-electron chi connectivity index (χ0n) is 37.1. The smallest absolute Gasteiger partial charge is 0.0280 e. The van der Waals surface area contributed by atoms with Gasteiger partial charge in [0.2, 0.25) is 0 Å². The van der Waals surface area contributed by atoms with Crippen LogP contribution in [0.1, 0.15) is 70.0 Å².